The Bertz CT molecular complexity index is 2050. The third kappa shape index (κ3) is 6.13. The average Bonchev–Trinajstić information content (AvgIpc) is 3.10. The smallest absolute Gasteiger partial charge is 0.0407 e. The molecule has 0 aliphatic heterocycles. The van der Waals surface area contributed by atoms with Crippen molar-refractivity contribution in [1.82, 2.24) is 0 Å². The zero-order valence-corrected chi connectivity index (χ0v) is 26.8. The summed E-state index contributed by atoms with van der Waals surface area (Å²) in [6.07, 6.45) is 7.07. The van der Waals surface area contributed by atoms with Gasteiger partial charge in [0.05, 0.1) is 0 Å². The van der Waals surface area contributed by atoms with Gasteiger partial charge in [0, 0.05) is 22.3 Å². The molecule has 7 aromatic rings. The number of unbranched alkanes of at least 4 members (excludes halogenated alkanes) is 2. The second-order valence-electron chi connectivity index (χ2n) is 12.3. The van der Waals surface area contributed by atoms with Gasteiger partial charge >= 0.3 is 0 Å². The molecule has 0 aliphatic carbocycles. The van der Waals surface area contributed by atoms with Crippen LogP contribution in [-0.4, -0.2) is 0 Å². The van der Waals surface area contributed by atoms with Crippen LogP contribution < -0.4 is 0 Å². The fourth-order valence-corrected chi connectivity index (χ4v) is 6.41. The number of rotatable bonds is 6. The van der Waals surface area contributed by atoms with E-state index >= 15 is 0 Å². The molecule has 0 aliphatic rings. The largest absolute Gasteiger partial charge is 0.0654 e. The highest BCUT2D eigenvalue weighted by atomic mass is 14.2. The molecule has 0 amide bonds. The van der Waals surface area contributed by atoms with Gasteiger partial charge in [0.25, 0.3) is 0 Å². The molecule has 0 aromatic heterocycles. The van der Waals surface area contributed by atoms with Crippen molar-refractivity contribution >= 4 is 43.1 Å². The van der Waals surface area contributed by atoms with Gasteiger partial charge in [-0.2, -0.15) is 0 Å². The molecule has 0 heteroatoms. The van der Waals surface area contributed by atoms with Crippen molar-refractivity contribution in [2.45, 2.75) is 52.4 Å². The second kappa shape index (κ2) is 13.4. The number of hydrogen-bond acceptors (Lipinski definition) is 0. The summed E-state index contributed by atoms with van der Waals surface area (Å²) < 4.78 is 0. The number of hydrogen-bond donors (Lipinski definition) is 0. The van der Waals surface area contributed by atoms with Crippen LogP contribution in [-0.2, 0) is 12.8 Å². The molecule has 0 bridgehead atoms. The molecule has 7 aromatic carbocycles. The summed E-state index contributed by atoms with van der Waals surface area (Å²) in [5.74, 6) is 14.4. The van der Waals surface area contributed by atoms with Gasteiger partial charge in [-0.25, -0.2) is 0 Å². The van der Waals surface area contributed by atoms with Crippen LogP contribution in [0.4, 0.5) is 0 Å². The van der Waals surface area contributed by atoms with E-state index in [-0.39, 0.29) is 0 Å². The van der Waals surface area contributed by atoms with E-state index < -0.39 is 0 Å². The van der Waals surface area contributed by atoms with E-state index in [0.717, 1.165) is 56.6 Å². The van der Waals surface area contributed by atoms with E-state index in [9.17, 15) is 0 Å². The summed E-state index contributed by atoms with van der Waals surface area (Å²) in [6.45, 7) is 4.48. The Hall–Kier alpha value is -5.30. The van der Waals surface area contributed by atoms with E-state index in [4.69, 9.17) is 0 Å². The van der Waals surface area contributed by atoms with Crippen LogP contribution >= 0.6 is 0 Å². The van der Waals surface area contributed by atoms with Crippen molar-refractivity contribution in [3.63, 3.8) is 0 Å². The third-order valence-electron chi connectivity index (χ3n) is 9.06. The lowest BCUT2D eigenvalue weighted by Crippen LogP contribution is -1.92. The quantitative estimate of drug-likeness (QED) is 0.133. The van der Waals surface area contributed by atoms with Crippen LogP contribution in [0, 0.1) is 23.7 Å². The predicted molar refractivity (Wildman–Crippen MR) is 199 cm³/mol. The normalized spacial score (nSPS) is 11.0. The van der Waals surface area contributed by atoms with Crippen molar-refractivity contribution in [3.05, 3.63) is 155 Å². The van der Waals surface area contributed by atoms with Crippen molar-refractivity contribution < 1.29 is 0 Å². The average molecular weight is 591 g/mol. The summed E-state index contributed by atoms with van der Waals surface area (Å²) in [7, 11) is 0. The van der Waals surface area contributed by atoms with Gasteiger partial charge in [-0.05, 0) is 128 Å². The topological polar surface area (TPSA) is 0 Å². The first-order chi connectivity index (χ1) is 22.7. The molecule has 7 rings (SSSR count). The Balaban J connectivity index is 1.46. The Kier molecular flexibility index (Phi) is 8.55. The highest BCUT2D eigenvalue weighted by molar-refractivity contribution is 6.16. The van der Waals surface area contributed by atoms with Crippen LogP contribution in [0.5, 0.6) is 0 Å². The highest BCUT2D eigenvalue weighted by Crippen LogP contribution is 2.37. The van der Waals surface area contributed by atoms with Gasteiger partial charge in [-0.3, -0.25) is 0 Å². The lowest BCUT2D eigenvalue weighted by molar-refractivity contribution is 0.795. The number of fused-ring (bicyclic) bond motifs is 4. The van der Waals surface area contributed by atoms with Crippen molar-refractivity contribution in [2.75, 3.05) is 0 Å². The number of benzene rings is 7. The van der Waals surface area contributed by atoms with Crippen LogP contribution in [0.1, 0.15) is 72.9 Å². The molecule has 0 nitrogen and oxygen atoms in total. The molecule has 0 saturated heterocycles. The van der Waals surface area contributed by atoms with Crippen molar-refractivity contribution in [3.8, 4) is 23.7 Å². The predicted octanol–water partition coefficient (Wildman–Crippen LogP) is 11.8. The van der Waals surface area contributed by atoms with E-state index in [1.807, 2.05) is 0 Å². The minimum Gasteiger partial charge on any atom is -0.0654 e. The Morgan fingerprint density at radius 1 is 0.391 bits per heavy atom. The van der Waals surface area contributed by atoms with Crippen LogP contribution in [0.2, 0.25) is 0 Å². The standard InChI is InChI=1S/C46H38/c1-3-5-11-33-17-21-35(22-18-33)25-27-41-43-29-37-13-7-9-15-39(37)31-45(43)42(28-26-36-23-19-34(20-24-36)12-6-4-2)46-32-40-16-10-8-14-38(40)30-44(41)46/h7-10,13-24,29-32H,3-6,11-12H2,1-2H3. The minimum absolute atomic E-state index is 1.04. The Morgan fingerprint density at radius 2 is 0.717 bits per heavy atom. The molecule has 0 heterocycles. The molecule has 0 N–H and O–H groups in total. The molecule has 0 spiro atoms. The first-order valence-corrected chi connectivity index (χ1v) is 16.7. The molecule has 222 valence electrons. The van der Waals surface area contributed by atoms with E-state index in [2.05, 4.69) is 159 Å². The summed E-state index contributed by atoms with van der Waals surface area (Å²) in [5, 5.41) is 9.42. The van der Waals surface area contributed by atoms with E-state index in [1.165, 1.54) is 58.4 Å². The SMILES string of the molecule is CCCCc1ccc(C#Cc2c3cc4ccccc4cc3c(C#Cc3ccc(CCCC)cc3)c3cc4ccccc4cc23)cc1. The molecular weight excluding hydrogens is 553 g/mol. The van der Waals surface area contributed by atoms with Gasteiger partial charge in [-0.15, -0.1) is 0 Å². The van der Waals surface area contributed by atoms with Crippen LogP contribution in [0.25, 0.3) is 43.1 Å². The maximum absolute atomic E-state index is 3.66. The molecule has 0 unspecified atom stereocenters. The maximum atomic E-state index is 3.66. The molecule has 0 atom stereocenters. The monoisotopic (exact) mass is 590 g/mol. The van der Waals surface area contributed by atoms with Gasteiger partial charge in [0.1, 0.15) is 0 Å². The summed E-state index contributed by atoms with van der Waals surface area (Å²) in [6, 6.07) is 44.0. The summed E-state index contributed by atoms with van der Waals surface area (Å²) in [4.78, 5) is 0. The van der Waals surface area contributed by atoms with Crippen molar-refractivity contribution in [1.29, 1.82) is 0 Å². The Morgan fingerprint density at radius 3 is 1.02 bits per heavy atom. The van der Waals surface area contributed by atoms with Gasteiger partial charge in [0.2, 0.25) is 0 Å². The minimum atomic E-state index is 1.04. The summed E-state index contributed by atoms with van der Waals surface area (Å²) >= 11 is 0. The third-order valence-corrected chi connectivity index (χ3v) is 9.06. The van der Waals surface area contributed by atoms with Gasteiger partial charge in [0.15, 0.2) is 0 Å². The zero-order chi connectivity index (χ0) is 31.3. The second-order valence-corrected chi connectivity index (χ2v) is 12.3. The van der Waals surface area contributed by atoms with E-state index in [0.29, 0.717) is 0 Å². The van der Waals surface area contributed by atoms with Gasteiger partial charge in [-0.1, -0.05) is 123 Å². The molecule has 46 heavy (non-hydrogen) atoms. The Labute approximate surface area is 273 Å². The molecule has 0 fully saturated rings. The lowest BCUT2D eigenvalue weighted by atomic mass is 9.88. The first kappa shape index (κ1) is 29.4. The van der Waals surface area contributed by atoms with Crippen LogP contribution in [0.3, 0.4) is 0 Å². The van der Waals surface area contributed by atoms with Crippen molar-refractivity contribution in [2.24, 2.45) is 0 Å². The van der Waals surface area contributed by atoms with Gasteiger partial charge < -0.3 is 0 Å². The molecule has 0 saturated carbocycles. The lowest BCUT2D eigenvalue weighted by Gasteiger charge is -2.14. The van der Waals surface area contributed by atoms with E-state index in [1.54, 1.807) is 0 Å². The highest BCUT2D eigenvalue weighted by Gasteiger charge is 2.14. The van der Waals surface area contributed by atoms with Crippen LogP contribution in [0.15, 0.2) is 121 Å². The zero-order valence-electron chi connectivity index (χ0n) is 26.8. The fourth-order valence-electron chi connectivity index (χ4n) is 6.41. The summed E-state index contributed by atoms with van der Waals surface area (Å²) in [5.41, 5.74) is 6.94. The number of aryl methyl sites for hydroxylation is 2. The molecule has 0 radical (unpaired) electrons. The first-order valence-electron chi connectivity index (χ1n) is 16.7. The fraction of sp³-hybridized carbons (Fsp3) is 0.174. The molecular formula is C46H38. The maximum Gasteiger partial charge on any atom is 0.0407 e.